The fourth-order valence-corrected chi connectivity index (χ4v) is 1.57. The summed E-state index contributed by atoms with van der Waals surface area (Å²) in [5.74, 6) is 0. The van der Waals surface area contributed by atoms with Crippen molar-refractivity contribution in [3.05, 3.63) is 7.05 Å². The first-order valence-electron chi connectivity index (χ1n) is 4.16. The van der Waals surface area contributed by atoms with Gasteiger partial charge < -0.3 is 4.90 Å². The van der Waals surface area contributed by atoms with Gasteiger partial charge >= 0.3 is 0 Å². The summed E-state index contributed by atoms with van der Waals surface area (Å²) in [5.41, 5.74) is 0. The summed E-state index contributed by atoms with van der Waals surface area (Å²) in [5, 5.41) is 0. The van der Waals surface area contributed by atoms with E-state index in [1.807, 2.05) is 0 Å². The van der Waals surface area contributed by atoms with Crippen LogP contribution < -0.4 is 0 Å². The van der Waals surface area contributed by atoms with Crippen LogP contribution in [0.5, 0.6) is 0 Å². The molecule has 10 heavy (non-hydrogen) atoms. The monoisotopic (exact) mass is 139 g/mol. The zero-order valence-corrected chi connectivity index (χ0v) is 6.42. The normalized spacial score (nSPS) is 30.9. The van der Waals surface area contributed by atoms with E-state index >= 15 is 0 Å². The molecule has 0 amide bonds. The van der Waals surface area contributed by atoms with Gasteiger partial charge in [0.15, 0.2) is 0 Å². The van der Waals surface area contributed by atoms with Crippen molar-refractivity contribution in [1.29, 1.82) is 0 Å². The third-order valence-electron chi connectivity index (χ3n) is 2.47. The molecule has 1 aliphatic heterocycles. The predicted octanol–water partition coefficient (Wildman–Crippen LogP) is 0.558. The number of rotatable bonds is 1. The Morgan fingerprint density at radius 1 is 1.00 bits per heavy atom. The van der Waals surface area contributed by atoms with Gasteiger partial charge in [-0.3, -0.25) is 11.9 Å². The van der Waals surface area contributed by atoms with Crippen LogP contribution in [0, 0.1) is 7.05 Å². The molecular weight excluding hydrogens is 124 g/mol. The van der Waals surface area contributed by atoms with Crippen molar-refractivity contribution in [3.8, 4) is 0 Å². The van der Waals surface area contributed by atoms with E-state index in [-0.39, 0.29) is 0 Å². The molecule has 0 N–H and O–H groups in total. The molecule has 0 aromatic heterocycles. The molecule has 0 bridgehead atoms. The average molecular weight is 139 g/mol. The summed E-state index contributed by atoms with van der Waals surface area (Å²) < 4.78 is 0. The van der Waals surface area contributed by atoms with Gasteiger partial charge in [0.2, 0.25) is 0 Å². The quantitative estimate of drug-likeness (QED) is 0.490. The molecule has 58 valence electrons. The minimum absolute atomic E-state index is 0.952. The van der Waals surface area contributed by atoms with Gasteiger partial charge in [0.05, 0.1) is 0 Å². The lowest BCUT2D eigenvalue weighted by Gasteiger charge is -2.37. The van der Waals surface area contributed by atoms with Gasteiger partial charge in [-0.05, 0) is 25.9 Å². The Kier molecular flexibility index (Phi) is 1.66. The van der Waals surface area contributed by atoms with Crippen molar-refractivity contribution in [2.24, 2.45) is 0 Å². The molecule has 0 aromatic carbocycles. The molecule has 1 aliphatic carbocycles. The molecule has 2 rings (SSSR count). The van der Waals surface area contributed by atoms with Crippen molar-refractivity contribution in [1.82, 2.24) is 9.80 Å². The van der Waals surface area contributed by atoms with E-state index in [2.05, 4.69) is 16.8 Å². The summed E-state index contributed by atoms with van der Waals surface area (Å²) in [6.45, 7) is 4.81. The molecular formula is C8H15N2-. The zero-order chi connectivity index (χ0) is 6.97. The summed E-state index contributed by atoms with van der Waals surface area (Å²) in [4.78, 5) is 4.76. The zero-order valence-electron chi connectivity index (χ0n) is 6.42. The van der Waals surface area contributed by atoms with E-state index in [1.54, 1.807) is 0 Å². The summed E-state index contributed by atoms with van der Waals surface area (Å²) in [6.07, 6.45) is 2.88. The van der Waals surface area contributed by atoms with Crippen LogP contribution in [-0.4, -0.2) is 42.0 Å². The minimum Gasteiger partial charge on any atom is -0.457 e. The fraction of sp³-hybridized carbons (Fsp3) is 0.875. The van der Waals surface area contributed by atoms with Crippen molar-refractivity contribution < 1.29 is 0 Å². The maximum atomic E-state index is 3.92. The maximum Gasteiger partial charge on any atom is 0.00974 e. The largest absolute Gasteiger partial charge is 0.457 e. The van der Waals surface area contributed by atoms with E-state index < -0.39 is 0 Å². The molecule has 2 fully saturated rings. The number of hydrogen-bond donors (Lipinski definition) is 0. The highest BCUT2D eigenvalue weighted by atomic mass is 15.3. The first kappa shape index (κ1) is 6.62. The second kappa shape index (κ2) is 2.51. The van der Waals surface area contributed by atoms with E-state index in [9.17, 15) is 0 Å². The van der Waals surface area contributed by atoms with Crippen LogP contribution in [-0.2, 0) is 0 Å². The average Bonchev–Trinajstić information content (AvgIpc) is 2.71. The lowest BCUT2D eigenvalue weighted by atomic mass is 10.3. The molecule has 1 saturated carbocycles. The van der Waals surface area contributed by atoms with Gasteiger partial charge in [-0.1, -0.05) is 0 Å². The van der Waals surface area contributed by atoms with E-state index in [1.165, 1.54) is 25.9 Å². The summed E-state index contributed by atoms with van der Waals surface area (Å²) in [7, 11) is 3.92. The van der Waals surface area contributed by atoms with E-state index in [0.29, 0.717) is 0 Å². The molecule has 0 atom stereocenters. The fourth-order valence-electron chi connectivity index (χ4n) is 1.57. The molecule has 0 radical (unpaired) electrons. The highest BCUT2D eigenvalue weighted by Crippen LogP contribution is 2.27. The Labute approximate surface area is 62.8 Å². The summed E-state index contributed by atoms with van der Waals surface area (Å²) in [6, 6.07) is 0.952. The Morgan fingerprint density at radius 3 is 2.10 bits per heavy atom. The molecule has 2 heteroatoms. The van der Waals surface area contributed by atoms with E-state index in [4.69, 9.17) is 0 Å². The molecule has 2 nitrogen and oxygen atoms in total. The minimum atomic E-state index is 0.952. The third-order valence-corrected chi connectivity index (χ3v) is 2.47. The van der Waals surface area contributed by atoms with E-state index in [0.717, 1.165) is 19.1 Å². The Bertz CT molecular complexity index is 112. The Hall–Kier alpha value is -0.0800. The topological polar surface area (TPSA) is 6.48 Å². The third kappa shape index (κ3) is 1.32. The number of hydrogen-bond acceptors (Lipinski definition) is 2. The molecule has 1 heterocycles. The van der Waals surface area contributed by atoms with Gasteiger partial charge in [0, 0.05) is 19.1 Å². The predicted molar refractivity (Wildman–Crippen MR) is 41.5 cm³/mol. The number of piperazine rings is 1. The SMILES string of the molecule is [CH2-]N1CCN(C2CC2)CC1. The van der Waals surface area contributed by atoms with Crippen molar-refractivity contribution in [3.63, 3.8) is 0 Å². The van der Waals surface area contributed by atoms with Crippen LogP contribution in [0.3, 0.4) is 0 Å². The summed E-state index contributed by atoms with van der Waals surface area (Å²) >= 11 is 0. The van der Waals surface area contributed by atoms with Crippen molar-refractivity contribution in [2.45, 2.75) is 18.9 Å². The molecule has 2 aliphatic rings. The highest BCUT2D eigenvalue weighted by molar-refractivity contribution is 4.87. The molecule has 1 saturated heterocycles. The lowest BCUT2D eigenvalue weighted by Crippen LogP contribution is -2.44. The second-order valence-corrected chi connectivity index (χ2v) is 3.39. The van der Waals surface area contributed by atoms with Crippen LogP contribution in [0.4, 0.5) is 0 Å². The van der Waals surface area contributed by atoms with Gasteiger partial charge in [-0.25, -0.2) is 0 Å². The van der Waals surface area contributed by atoms with Crippen LogP contribution in [0.2, 0.25) is 0 Å². The van der Waals surface area contributed by atoms with Crippen LogP contribution in [0.1, 0.15) is 12.8 Å². The second-order valence-electron chi connectivity index (χ2n) is 3.39. The van der Waals surface area contributed by atoms with Crippen molar-refractivity contribution >= 4 is 0 Å². The molecule has 0 aromatic rings. The van der Waals surface area contributed by atoms with Crippen LogP contribution >= 0.6 is 0 Å². The van der Waals surface area contributed by atoms with Crippen molar-refractivity contribution in [2.75, 3.05) is 26.2 Å². The first-order chi connectivity index (χ1) is 4.86. The van der Waals surface area contributed by atoms with Crippen LogP contribution in [0.25, 0.3) is 0 Å². The molecule has 0 unspecified atom stereocenters. The molecule has 0 spiro atoms. The number of nitrogens with zero attached hydrogens (tertiary/aromatic N) is 2. The smallest absolute Gasteiger partial charge is 0.00974 e. The first-order valence-corrected chi connectivity index (χ1v) is 4.16. The maximum absolute atomic E-state index is 3.92. The van der Waals surface area contributed by atoms with Crippen LogP contribution in [0.15, 0.2) is 0 Å². The Balaban J connectivity index is 1.79. The standard InChI is InChI=1S/C8H15N2/c1-9-4-6-10(7-5-9)8-2-3-8/h8H,1-7H2/q-1. The Morgan fingerprint density at radius 2 is 1.60 bits per heavy atom. The highest BCUT2D eigenvalue weighted by Gasteiger charge is 2.29. The van der Waals surface area contributed by atoms with Gasteiger partial charge in [0.1, 0.15) is 0 Å². The van der Waals surface area contributed by atoms with Gasteiger partial charge in [0.25, 0.3) is 0 Å². The van der Waals surface area contributed by atoms with Gasteiger partial charge in [-0.2, -0.15) is 0 Å². The van der Waals surface area contributed by atoms with Gasteiger partial charge in [-0.15, -0.1) is 0 Å². The lowest BCUT2D eigenvalue weighted by molar-refractivity contribution is 0.159.